The molecule has 1 unspecified atom stereocenters. The Hall–Kier alpha value is -0.570. The number of carbonyl (C=O) groups is 1. The molecular weight excluding hydrogens is 224 g/mol. The van der Waals surface area contributed by atoms with Crippen molar-refractivity contribution in [2.75, 3.05) is 13.6 Å². The fourth-order valence-electron chi connectivity index (χ4n) is 5.26. The maximum Gasteiger partial charge on any atom is 0.233 e. The van der Waals surface area contributed by atoms with Gasteiger partial charge in [-0.3, -0.25) is 4.79 Å². The third-order valence-electron chi connectivity index (χ3n) is 5.74. The van der Waals surface area contributed by atoms with Gasteiger partial charge in [-0.2, -0.15) is 0 Å². The quantitative estimate of drug-likeness (QED) is 0.798. The smallest absolute Gasteiger partial charge is 0.233 e. The fourth-order valence-corrected chi connectivity index (χ4v) is 5.26. The molecule has 0 aromatic rings. The van der Waals surface area contributed by atoms with Gasteiger partial charge in [-0.15, -0.1) is 0 Å². The summed E-state index contributed by atoms with van der Waals surface area (Å²) < 4.78 is 0. The first-order chi connectivity index (χ1) is 8.67. The summed E-state index contributed by atoms with van der Waals surface area (Å²) in [6, 6.07) is 0.497. The van der Waals surface area contributed by atoms with Gasteiger partial charge in [0.15, 0.2) is 0 Å². The molecule has 0 heterocycles. The normalized spacial score (nSPS) is 42.9. The number of carbonyl (C=O) groups excluding carboxylic acids is 1. The average Bonchev–Trinajstić information content (AvgIpc) is 2.34. The lowest BCUT2D eigenvalue weighted by Gasteiger charge is -2.56. The lowest BCUT2D eigenvalue weighted by atomic mass is 9.50. The van der Waals surface area contributed by atoms with E-state index in [-0.39, 0.29) is 5.91 Å². The van der Waals surface area contributed by atoms with Crippen LogP contribution in [0.4, 0.5) is 0 Å². The lowest BCUT2D eigenvalue weighted by molar-refractivity contribution is -0.120. The van der Waals surface area contributed by atoms with E-state index < -0.39 is 0 Å². The molecule has 4 fully saturated rings. The first-order valence-corrected chi connectivity index (χ1v) is 7.61. The topological polar surface area (TPSA) is 41.1 Å². The Morgan fingerprint density at radius 1 is 1.11 bits per heavy atom. The SMILES string of the molecule is CNC(=O)CNC(C)C1C2CC3CC(C2)CC1C3. The summed E-state index contributed by atoms with van der Waals surface area (Å²) in [6.45, 7) is 2.76. The molecule has 0 aromatic carbocycles. The molecule has 1 amide bonds. The van der Waals surface area contributed by atoms with E-state index in [1.807, 2.05) is 0 Å². The Bertz CT molecular complexity index is 300. The molecular formula is C15H26N2O. The largest absolute Gasteiger partial charge is 0.358 e. The van der Waals surface area contributed by atoms with E-state index in [4.69, 9.17) is 0 Å². The molecule has 4 bridgehead atoms. The zero-order valence-corrected chi connectivity index (χ0v) is 11.6. The molecule has 0 aliphatic heterocycles. The van der Waals surface area contributed by atoms with Crippen LogP contribution < -0.4 is 10.6 Å². The molecule has 0 saturated heterocycles. The molecule has 0 radical (unpaired) electrons. The van der Waals surface area contributed by atoms with Gasteiger partial charge in [0.1, 0.15) is 0 Å². The van der Waals surface area contributed by atoms with E-state index in [0.29, 0.717) is 12.6 Å². The number of rotatable bonds is 4. The second-order valence-corrected chi connectivity index (χ2v) is 6.85. The van der Waals surface area contributed by atoms with E-state index in [0.717, 1.165) is 29.6 Å². The maximum absolute atomic E-state index is 11.3. The summed E-state index contributed by atoms with van der Waals surface area (Å²) >= 11 is 0. The molecule has 0 aromatic heterocycles. The van der Waals surface area contributed by atoms with E-state index in [1.165, 1.54) is 32.1 Å². The van der Waals surface area contributed by atoms with E-state index in [9.17, 15) is 4.79 Å². The zero-order valence-electron chi connectivity index (χ0n) is 11.6. The van der Waals surface area contributed by atoms with Crippen molar-refractivity contribution in [3.63, 3.8) is 0 Å². The standard InChI is InChI=1S/C15H26N2O/c1-9(17-8-14(18)16-2)15-12-4-10-3-11(6-12)7-13(15)5-10/h9-13,15,17H,3-8H2,1-2H3,(H,16,18). The molecule has 4 aliphatic carbocycles. The highest BCUT2D eigenvalue weighted by Crippen LogP contribution is 2.57. The molecule has 0 spiro atoms. The van der Waals surface area contributed by atoms with Crippen molar-refractivity contribution in [3.05, 3.63) is 0 Å². The molecule has 4 rings (SSSR count). The molecule has 2 N–H and O–H groups in total. The summed E-state index contributed by atoms with van der Waals surface area (Å²) in [7, 11) is 1.71. The molecule has 3 heteroatoms. The Labute approximate surface area is 110 Å². The number of likely N-dealkylation sites (N-methyl/N-ethyl adjacent to an activating group) is 1. The van der Waals surface area contributed by atoms with Gasteiger partial charge in [-0.25, -0.2) is 0 Å². The van der Waals surface area contributed by atoms with Crippen LogP contribution >= 0.6 is 0 Å². The summed E-state index contributed by atoms with van der Waals surface area (Å²) in [5.41, 5.74) is 0. The van der Waals surface area contributed by atoms with Crippen LogP contribution in [0.5, 0.6) is 0 Å². The summed E-state index contributed by atoms with van der Waals surface area (Å²) in [6.07, 6.45) is 7.36. The van der Waals surface area contributed by atoms with Crippen LogP contribution in [0.3, 0.4) is 0 Å². The Balaban J connectivity index is 1.60. The fraction of sp³-hybridized carbons (Fsp3) is 0.933. The highest BCUT2D eigenvalue weighted by molar-refractivity contribution is 5.77. The van der Waals surface area contributed by atoms with Gasteiger partial charge in [-0.1, -0.05) is 0 Å². The van der Waals surface area contributed by atoms with Crippen LogP contribution in [0, 0.1) is 29.6 Å². The minimum absolute atomic E-state index is 0.102. The first kappa shape index (κ1) is 12.5. The second-order valence-electron chi connectivity index (χ2n) is 6.85. The molecule has 4 aliphatic rings. The van der Waals surface area contributed by atoms with Crippen LogP contribution in [0.1, 0.15) is 39.0 Å². The summed E-state index contributed by atoms with van der Waals surface area (Å²) in [5, 5.41) is 6.14. The van der Waals surface area contributed by atoms with E-state index in [1.54, 1.807) is 7.05 Å². The molecule has 3 nitrogen and oxygen atoms in total. The van der Waals surface area contributed by atoms with Crippen LogP contribution in [0.2, 0.25) is 0 Å². The Morgan fingerprint density at radius 3 is 2.17 bits per heavy atom. The van der Waals surface area contributed by atoms with Crippen molar-refractivity contribution >= 4 is 5.91 Å². The first-order valence-electron chi connectivity index (χ1n) is 7.61. The minimum atomic E-state index is 0.102. The molecule has 1 atom stereocenters. The average molecular weight is 250 g/mol. The van der Waals surface area contributed by atoms with Crippen LogP contribution in [0.25, 0.3) is 0 Å². The van der Waals surface area contributed by atoms with Gasteiger partial charge >= 0.3 is 0 Å². The highest BCUT2D eigenvalue weighted by atomic mass is 16.1. The van der Waals surface area contributed by atoms with Gasteiger partial charge in [0.05, 0.1) is 6.54 Å². The number of nitrogens with one attached hydrogen (secondary N) is 2. The lowest BCUT2D eigenvalue weighted by Crippen LogP contribution is -2.53. The molecule has 18 heavy (non-hydrogen) atoms. The number of hydrogen-bond donors (Lipinski definition) is 2. The van der Waals surface area contributed by atoms with Crippen molar-refractivity contribution < 1.29 is 4.79 Å². The predicted octanol–water partition coefficient (Wildman–Crippen LogP) is 1.78. The van der Waals surface area contributed by atoms with Crippen molar-refractivity contribution in [2.45, 2.75) is 45.1 Å². The van der Waals surface area contributed by atoms with E-state index in [2.05, 4.69) is 17.6 Å². The Morgan fingerprint density at radius 2 is 1.67 bits per heavy atom. The van der Waals surface area contributed by atoms with Crippen LogP contribution in [-0.2, 0) is 4.79 Å². The van der Waals surface area contributed by atoms with Crippen molar-refractivity contribution in [3.8, 4) is 0 Å². The highest BCUT2D eigenvalue weighted by Gasteiger charge is 2.49. The zero-order chi connectivity index (χ0) is 12.7. The van der Waals surface area contributed by atoms with Gasteiger partial charge < -0.3 is 10.6 Å². The van der Waals surface area contributed by atoms with Gasteiger partial charge in [0.2, 0.25) is 5.91 Å². The predicted molar refractivity (Wildman–Crippen MR) is 72.1 cm³/mol. The monoisotopic (exact) mass is 250 g/mol. The van der Waals surface area contributed by atoms with Gasteiger partial charge in [0.25, 0.3) is 0 Å². The number of hydrogen-bond acceptors (Lipinski definition) is 2. The van der Waals surface area contributed by atoms with Gasteiger partial charge in [0, 0.05) is 13.1 Å². The third kappa shape index (κ3) is 2.18. The summed E-state index contributed by atoms with van der Waals surface area (Å²) in [5.74, 6) is 4.87. The molecule has 4 saturated carbocycles. The van der Waals surface area contributed by atoms with Crippen molar-refractivity contribution in [1.82, 2.24) is 10.6 Å². The summed E-state index contributed by atoms with van der Waals surface area (Å²) in [4.78, 5) is 11.3. The van der Waals surface area contributed by atoms with Crippen molar-refractivity contribution in [1.29, 1.82) is 0 Å². The maximum atomic E-state index is 11.3. The minimum Gasteiger partial charge on any atom is -0.358 e. The number of amides is 1. The van der Waals surface area contributed by atoms with Gasteiger partial charge in [-0.05, 0) is 68.6 Å². The second kappa shape index (κ2) is 4.84. The third-order valence-corrected chi connectivity index (χ3v) is 5.74. The van der Waals surface area contributed by atoms with E-state index >= 15 is 0 Å². The van der Waals surface area contributed by atoms with Crippen molar-refractivity contribution in [2.24, 2.45) is 29.6 Å². The van der Waals surface area contributed by atoms with Crippen LogP contribution in [0.15, 0.2) is 0 Å². The van der Waals surface area contributed by atoms with Crippen LogP contribution in [-0.4, -0.2) is 25.5 Å². The molecule has 102 valence electrons. The Kier molecular flexibility index (Phi) is 3.35.